The molecule has 1 aromatic heterocycles. The molecule has 5 atom stereocenters. The summed E-state index contributed by atoms with van der Waals surface area (Å²) in [5.41, 5.74) is -0.394. The van der Waals surface area contributed by atoms with Gasteiger partial charge in [-0.1, -0.05) is 23.2 Å². The van der Waals surface area contributed by atoms with Crippen LogP contribution in [-0.2, 0) is 17.6 Å². The van der Waals surface area contributed by atoms with Crippen LogP contribution in [0.15, 0.2) is 30.3 Å². The SMILES string of the molecule is CC(O)(CO)COC(=O)c1ccc(CCC[C@@H]2[C@@H](CCc3cc(Cl)cc(Cl)c3)[C@H](O)C[C@H]2Cl)s1. The fourth-order valence-corrected chi connectivity index (χ4v) is 6.51. The third kappa shape index (κ3) is 7.82. The topological polar surface area (TPSA) is 87.0 Å². The zero-order valence-corrected chi connectivity index (χ0v) is 22.1. The zero-order valence-electron chi connectivity index (χ0n) is 19.1. The molecule has 0 radical (unpaired) electrons. The number of rotatable bonds is 11. The van der Waals surface area contributed by atoms with E-state index in [1.165, 1.54) is 18.3 Å². The van der Waals surface area contributed by atoms with E-state index in [0.717, 1.165) is 42.5 Å². The van der Waals surface area contributed by atoms with Gasteiger partial charge in [0.05, 0.1) is 12.7 Å². The molecule has 9 heteroatoms. The van der Waals surface area contributed by atoms with Crippen LogP contribution in [0.2, 0.25) is 10.0 Å². The maximum absolute atomic E-state index is 12.2. The Morgan fingerprint density at radius 1 is 1.15 bits per heavy atom. The Kier molecular flexibility index (Phi) is 10.1. The Bertz CT molecular complexity index is 944. The lowest BCUT2D eigenvalue weighted by Gasteiger charge is -2.23. The van der Waals surface area contributed by atoms with Gasteiger partial charge in [0, 0.05) is 20.3 Å². The Balaban J connectivity index is 1.50. The van der Waals surface area contributed by atoms with E-state index in [1.807, 2.05) is 18.2 Å². The van der Waals surface area contributed by atoms with E-state index in [2.05, 4.69) is 0 Å². The molecule has 1 aliphatic rings. The van der Waals surface area contributed by atoms with Crippen molar-refractivity contribution in [3.05, 3.63) is 55.7 Å². The van der Waals surface area contributed by atoms with Crippen LogP contribution in [0.1, 0.15) is 52.7 Å². The molecule has 1 fully saturated rings. The van der Waals surface area contributed by atoms with E-state index in [4.69, 9.17) is 44.6 Å². The summed E-state index contributed by atoms with van der Waals surface area (Å²) >= 11 is 20.2. The normalized spacial score (nSPS) is 24.2. The molecule has 0 aliphatic heterocycles. The second kappa shape index (κ2) is 12.4. The molecular formula is C25H31Cl3O5S. The van der Waals surface area contributed by atoms with Crippen molar-refractivity contribution in [3.8, 4) is 0 Å². The van der Waals surface area contributed by atoms with Gasteiger partial charge in [0.1, 0.15) is 17.1 Å². The third-order valence-corrected chi connectivity index (χ3v) is 8.41. The first-order valence-corrected chi connectivity index (χ1v) is 13.4. The summed E-state index contributed by atoms with van der Waals surface area (Å²) < 4.78 is 5.10. The fourth-order valence-electron chi connectivity index (χ4n) is 4.50. The summed E-state index contributed by atoms with van der Waals surface area (Å²) in [4.78, 5) is 13.7. The highest BCUT2D eigenvalue weighted by Gasteiger charge is 2.40. The van der Waals surface area contributed by atoms with Crippen molar-refractivity contribution >= 4 is 52.1 Å². The molecule has 1 unspecified atom stereocenters. The van der Waals surface area contributed by atoms with Gasteiger partial charge in [0.15, 0.2) is 0 Å². The van der Waals surface area contributed by atoms with Crippen LogP contribution >= 0.6 is 46.1 Å². The van der Waals surface area contributed by atoms with Gasteiger partial charge in [-0.25, -0.2) is 4.79 Å². The highest BCUT2D eigenvalue weighted by molar-refractivity contribution is 7.13. The maximum Gasteiger partial charge on any atom is 0.348 e. The second-order valence-electron chi connectivity index (χ2n) is 9.35. The Hall–Kier alpha value is -0.860. The standard InChI is InChI=1S/C25H31Cl3O5S/c1-25(32,13-29)14-33-24(31)23-8-6-18(34-23)3-2-4-19-20(22(30)12-21(19)28)7-5-15-9-16(26)11-17(27)10-15/h6,8-11,19-22,29-30,32H,2-5,7,12-14H2,1H3/t19-,20-,21-,22-,25?/m1/s1. The molecule has 3 rings (SSSR count). The van der Waals surface area contributed by atoms with E-state index in [9.17, 15) is 15.0 Å². The first kappa shape index (κ1) is 27.7. The van der Waals surface area contributed by atoms with Crippen LogP contribution in [-0.4, -0.2) is 51.6 Å². The molecule has 34 heavy (non-hydrogen) atoms. The summed E-state index contributed by atoms with van der Waals surface area (Å²) in [6.07, 6.45) is 4.37. The van der Waals surface area contributed by atoms with Gasteiger partial charge >= 0.3 is 5.97 Å². The summed E-state index contributed by atoms with van der Waals surface area (Å²) in [7, 11) is 0. The van der Waals surface area contributed by atoms with Crippen molar-refractivity contribution in [1.82, 2.24) is 0 Å². The van der Waals surface area contributed by atoms with E-state index in [0.29, 0.717) is 21.3 Å². The largest absolute Gasteiger partial charge is 0.458 e. The number of ether oxygens (including phenoxy) is 1. The number of benzene rings is 1. The zero-order chi connectivity index (χ0) is 24.9. The van der Waals surface area contributed by atoms with Crippen LogP contribution in [0.25, 0.3) is 0 Å². The summed E-state index contributed by atoms with van der Waals surface area (Å²) in [5, 5.41) is 30.6. The van der Waals surface area contributed by atoms with Crippen molar-refractivity contribution in [2.24, 2.45) is 11.8 Å². The molecule has 3 N–H and O–H groups in total. The molecule has 2 aromatic rings. The summed E-state index contributed by atoms with van der Waals surface area (Å²) in [6, 6.07) is 9.16. The van der Waals surface area contributed by atoms with Crippen molar-refractivity contribution in [2.75, 3.05) is 13.2 Å². The molecule has 0 saturated heterocycles. The number of thiophene rings is 1. The number of esters is 1. The predicted molar refractivity (Wildman–Crippen MR) is 137 cm³/mol. The Labute approximate surface area is 219 Å². The first-order valence-electron chi connectivity index (χ1n) is 11.4. The van der Waals surface area contributed by atoms with E-state index in [1.54, 1.807) is 12.1 Å². The van der Waals surface area contributed by atoms with Gasteiger partial charge in [-0.05, 0) is 93.2 Å². The molecule has 0 spiro atoms. The predicted octanol–water partition coefficient (Wildman–Crippen LogP) is 5.51. The first-order chi connectivity index (χ1) is 16.1. The number of hydrogen-bond acceptors (Lipinski definition) is 6. The van der Waals surface area contributed by atoms with E-state index in [-0.39, 0.29) is 23.8 Å². The monoisotopic (exact) mass is 548 g/mol. The molecule has 0 amide bonds. The molecule has 188 valence electrons. The molecule has 1 heterocycles. The lowest BCUT2D eigenvalue weighted by atomic mass is 9.85. The number of aryl methyl sites for hydroxylation is 2. The number of aliphatic hydroxyl groups is 3. The molecule has 5 nitrogen and oxygen atoms in total. The Morgan fingerprint density at radius 3 is 2.53 bits per heavy atom. The van der Waals surface area contributed by atoms with Gasteiger partial charge < -0.3 is 20.1 Å². The number of alkyl halides is 1. The lowest BCUT2D eigenvalue weighted by Crippen LogP contribution is -2.35. The van der Waals surface area contributed by atoms with Gasteiger partial charge in [-0.2, -0.15) is 0 Å². The molecular weight excluding hydrogens is 519 g/mol. The van der Waals surface area contributed by atoms with Crippen molar-refractivity contribution < 1.29 is 24.9 Å². The molecule has 0 bridgehead atoms. The number of hydrogen-bond donors (Lipinski definition) is 3. The minimum absolute atomic E-state index is 0.0591. The smallest absolute Gasteiger partial charge is 0.348 e. The van der Waals surface area contributed by atoms with E-state index >= 15 is 0 Å². The lowest BCUT2D eigenvalue weighted by molar-refractivity contribution is -0.0509. The number of carbonyl (C=O) groups excluding carboxylic acids is 1. The minimum Gasteiger partial charge on any atom is -0.458 e. The third-order valence-electron chi connectivity index (χ3n) is 6.34. The number of aliphatic hydroxyl groups excluding tert-OH is 2. The average molecular weight is 550 g/mol. The average Bonchev–Trinajstić information content (AvgIpc) is 3.34. The van der Waals surface area contributed by atoms with Crippen molar-refractivity contribution in [3.63, 3.8) is 0 Å². The molecule has 1 aromatic carbocycles. The number of carbonyl (C=O) groups is 1. The number of halogens is 3. The summed E-state index contributed by atoms with van der Waals surface area (Å²) in [6.45, 7) is 0.655. The summed E-state index contributed by atoms with van der Waals surface area (Å²) in [5.74, 6) is -0.171. The van der Waals surface area contributed by atoms with Gasteiger partial charge in [0.25, 0.3) is 0 Å². The highest BCUT2D eigenvalue weighted by Crippen LogP contribution is 2.42. The van der Waals surface area contributed by atoms with E-state index < -0.39 is 24.3 Å². The van der Waals surface area contributed by atoms with Crippen LogP contribution in [0, 0.1) is 11.8 Å². The van der Waals surface area contributed by atoms with Crippen molar-refractivity contribution in [1.29, 1.82) is 0 Å². The van der Waals surface area contributed by atoms with Crippen molar-refractivity contribution in [2.45, 2.75) is 62.5 Å². The van der Waals surface area contributed by atoms with Crippen LogP contribution in [0.3, 0.4) is 0 Å². The second-order valence-corrected chi connectivity index (χ2v) is 12.0. The fraction of sp³-hybridized carbons (Fsp3) is 0.560. The molecule has 1 aliphatic carbocycles. The molecule has 1 saturated carbocycles. The van der Waals surface area contributed by atoms with Crippen LogP contribution in [0.4, 0.5) is 0 Å². The van der Waals surface area contributed by atoms with Crippen LogP contribution < -0.4 is 0 Å². The van der Waals surface area contributed by atoms with Gasteiger partial charge in [0.2, 0.25) is 0 Å². The van der Waals surface area contributed by atoms with Crippen LogP contribution in [0.5, 0.6) is 0 Å². The maximum atomic E-state index is 12.2. The quantitative estimate of drug-likeness (QED) is 0.254. The van der Waals surface area contributed by atoms with Gasteiger partial charge in [-0.3, -0.25) is 0 Å². The Morgan fingerprint density at radius 2 is 1.85 bits per heavy atom. The van der Waals surface area contributed by atoms with Gasteiger partial charge in [-0.15, -0.1) is 22.9 Å². The highest BCUT2D eigenvalue weighted by atomic mass is 35.5. The minimum atomic E-state index is -1.45.